The maximum atomic E-state index is 12.9. The SMILES string of the molecule is CN(Cc1ccc(F)cc1)C1CCCCCC1N. The Morgan fingerprint density at radius 2 is 1.83 bits per heavy atom. The van der Waals surface area contributed by atoms with Crippen molar-refractivity contribution in [3.05, 3.63) is 35.6 Å². The van der Waals surface area contributed by atoms with Crippen LogP contribution < -0.4 is 5.73 Å². The largest absolute Gasteiger partial charge is 0.326 e. The zero-order valence-corrected chi connectivity index (χ0v) is 11.1. The standard InChI is InChI=1S/C15H23FN2/c1-18(11-12-7-9-13(16)10-8-12)15-6-4-2-3-5-14(15)17/h7-10,14-15H,2-6,11,17H2,1H3. The monoisotopic (exact) mass is 250 g/mol. The summed E-state index contributed by atoms with van der Waals surface area (Å²) < 4.78 is 12.9. The Kier molecular flexibility index (Phi) is 4.72. The number of hydrogen-bond acceptors (Lipinski definition) is 2. The van der Waals surface area contributed by atoms with Gasteiger partial charge >= 0.3 is 0 Å². The second-order valence-corrected chi connectivity index (χ2v) is 5.41. The predicted molar refractivity (Wildman–Crippen MR) is 72.7 cm³/mol. The summed E-state index contributed by atoms with van der Waals surface area (Å²) in [6.07, 6.45) is 6.13. The molecule has 0 bridgehead atoms. The summed E-state index contributed by atoms with van der Waals surface area (Å²) in [5.41, 5.74) is 7.40. The lowest BCUT2D eigenvalue weighted by atomic mass is 10.0. The number of hydrogen-bond donors (Lipinski definition) is 1. The van der Waals surface area contributed by atoms with Gasteiger partial charge in [-0.1, -0.05) is 31.4 Å². The second-order valence-electron chi connectivity index (χ2n) is 5.41. The average Bonchev–Trinajstić information content (AvgIpc) is 2.57. The predicted octanol–water partition coefficient (Wildman–Crippen LogP) is 2.92. The molecule has 1 aliphatic rings. The van der Waals surface area contributed by atoms with Crippen LogP contribution in [0, 0.1) is 5.82 Å². The van der Waals surface area contributed by atoms with E-state index >= 15 is 0 Å². The fourth-order valence-electron chi connectivity index (χ4n) is 2.86. The van der Waals surface area contributed by atoms with E-state index in [1.807, 2.05) is 12.1 Å². The summed E-state index contributed by atoms with van der Waals surface area (Å²) in [7, 11) is 2.12. The van der Waals surface area contributed by atoms with Crippen LogP contribution in [0.3, 0.4) is 0 Å². The van der Waals surface area contributed by atoms with Crippen molar-refractivity contribution < 1.29 is 4.39 Å². The van der Waals surface area contributed by atoms with Crippen LogP contribution in [-0.4, -0.2) is 24.0 Å². The Morgan fingerprint density at radius 3 is 2.56 bits per heavy atom. The molecule has 1 aromatic carbocycles. The van der Waals surface area contributed by atoms with Gasteiger partial charge in [0.1, 0.15) is 5.82 Å². The number of benzene rings is 1. The first-order chi connectivity index (χ1) is 8.66. The van der Waals surface area contributed by atoms with Crippen LogP contribution in [0.4, 0.5) is 4.39 Å². The lowest BCUT2D eigenvalue weighted by Crippen LogP contribution is -2.44. The minimum absolute atomic E-state index is 0.174. The van der Waals surface area contributed by atoms with E-state index in [0.717, 1.165) is 18.5 Å². The number of likely N-dealkylation sites (N-methyl/N-ethyl adjacent to an activating group) is 1. The van der Waals surface area contributed by atoms with E-state index in [9.17, 15) is 4.39 Å². The van der Waals surface area contributed by atoms with Gasteiger partial charge in [-0.05, 0) is 37.6 Å². The smallest absolute Gasteiger partial charge is 0.123 e. The molecule has 1 aromatic rings. The molecule has 2 nitrogen and oxygen atoms in total. The lowest BCUT2D eigenvalue weighted by molar-refractivity contribution is 0.193. The molecule has 18 heavy (non-hydrogen) atoms. The molecule has 0 amide bonds. The molecule has 0 aliphatic heterocycles. The van der Waals surface area contributed by atoms with Gasteiger partial charge in [0, 0.05) is 18.6 Å². The van der Waals surface area contributed by atoms with Crippen molar-refractivity contribution >= 4 is 0 Å². The van der Waals surface area contributed by atoms with Crippen molar-refractivity contribution in [2.24, 2.45) is 5.73 Å². The van der Waals surface area contributed by atoms with Crippen molar-refractivity contribution in [3.63, 3.8) is 0 Å². The van der Waals surface area contributed by atoms with E-state index in [4.69, 9.17) is 5.73 Å². The fourth-order valence-corrected chi connectivity index (χ4v) is 2.86. The van der Waals surface area contributed by atoms with Gasteiger partial charge in [-0.25, -0.2) is 4.39 Å². The zero-order chi connectivity index (χ0) is 13.0. The van der Waals surface area contributed by atoms with Gasteiger partial charge < -0.3 is 5.73 Å². The van der Waals surface area contributed by atoms with Crippen LogP contribution in [0.25, 0.3) is 0 Å². The van der Waals surface area contributed by atoms with E-state index in [1.54, 1.807) is 0 Å². The number of halogens is 1. The van der Waals surface area contributed by atoms with E-state index in [2.05, 4.69) is 11.9 Å². The molecule has 1 fully saturated rings. The Labute approximate surface area is 109 Å². The van der Waals surface area contributed by atoms with Gasteiger partial charge in [-0.3, -0.25) is 4.90 Å². The Balaban J connectivity index is 1.97. The van der Waals surface area contributed by atoms with Gasteiger partial charge in [-0.15, -0.1) is 0 Å². The van der Waals surface area contributed by atoms with Crippen LogP contribution in [0.5, 0.6) is 0 Å². The van der Waals surface area contributed by atoms with Crippen LogP contribution >= 0.6 is 0 Å². The second kappa shape index (κ2) is 6.30. The molecule has 0 saturated heterocycles. The topological polar surface area (TPSA) is 29.3 Å². The van der Waals surface area contributed by atoms with Crippen molar-refractivity contribution in [2.75, 3.05) is 7.05 Å². The molecule has 0 radical (unpaired) electrons. The van der Waals surface area contributed by atoms with Gasteiger partial charge in [0.2, 0.25) is 0 Å². The first-order valence-electron chi connectivity index (χ1n) is 6.87. The van der Waals surface area contributed by atoms with E-state index in [-0.39, 0.29) is 11.9 Å². The Hall–Kier alpha value is -0.930. The molecule has 0 heterocycles. The van der Waals surface area contributed by atoms with Gasteiger partial charge in [0.25, 0.3) is 0 Å². The number of nitrogens with zero attached hydrogens (tertiary/aromatic N) is 1. The quantitative estimate of drug-likeness (QED) is 0.836. The Bertz CT molecular complexity index is 363. The molecular weight excluding hydrogens is 227 g/mol. The highest BCUT2D eigenvalue weighted by atomic mass is 19.1. The van der Waals surface area contributed by atoms with Gasteiger partial charge in [0.05, 0.1) is 0 Å². The van der Waals surface area contributed by atoms with E-state index in [1.165, 1.54) is 37.8 Å². The molecule has 1 saturated carbocycles. The first kappa shape index (κ1) is 13.5. The zero-order valence-electron chi connectivity index (χ0n) is 11.1. The highest BCUT2D eigenvalue weighted by molar-refractivity contribution is 5.16. The molecule has 2 unspecified atom stereocenters. The molecule has 3 heteroatoms. The molecule has 100 valence electrons. The number of rotatable bonds is 3. The summed E-state index contributed by atoms with van der Waals surface area (Å²) in [6.45, 7) is 0.846. The third-order valence-electron chi connectivity index (χ3n) is 3.94. The van der Waals surface area contributed by atoms with Gasteiger partial charge in [0.15, 0.2) is 0 Å². The normalized spacial score (nSPS) is 25.1. The van der Waals surface area contributed by atoms with E-state index < -0.39 is 0 Å². The minimum atomic E-state index is -0.174. The molecular formula is C15H23FN2. The van der Waals surface area contributed by atoms with Crippen molar-refractivity contribution in [3.8, 4) is 0 Å². The highest BCUT2D eigenvalue weighted by Crippen LogP contribution is 2.21. The first-order valence-corrected chi connectivity index (χ1v) is 6.87. The maximum absolute atomic E-state index is 12.9. The molecule has 0 spiro atoms. The number of nitrogens with two attached hydrogens (primary N) is 1. The van der Waals surface area contributed by atoms with Crippen LogP contribution in [0.15, 0.2) is 24.3 Å². The van der Waals surface area contributed by atoms with Gasteiger partial charge in [-0.2, -0.15) is 0 Å². The van der Waals surface area contributed by atoms with E-state index in [0.29, 0.717) is 6.04 Å². The third-order valence-corrected chi connectivity index (χ3v) is 3.94. The average molecular weight is 250 g/mol. The molecule has 2 rings (SSSR count). The minimum Gasteiger partial charge on any atom is -0.326 e. The van der Waals surface area contributed by atoms with Crippen LogP contribution in [0.2, 0.25) is 0 Å². The summed E-state index contributed by atoms with van der Waals surface area (Å²) >= 11 is 0. The molecule has 1 aliphatic carbocycles. The van der Waals surface area contributed by atoms with Crippen molar-refractivity contribution in [1.82, 2.24) is 4.90 Å². The molecule has 2 atom stereocenters. The lowest BCUT2D eigenvalue weighted by Gasteiger charge is -2.31. The van der Waals surface area contributed by atoms with Crippen LogP contribution in [0.1, 0.15) is 37.7 Å². The molecule has 2 N–H and O–H groups in total. The fraction of sp³-hybridized carbons (Fsp3) is 0.600. The third kappa shape index (κ3) is 3.53. The summed E-state index contributed by atoms with van der Waals surface area (Å²) in [5, 5.41) is 0. The summed E-state index contributed by atoms with van der Waals surface area (Å²) in [4.78, 5) is 2.32. The summed E-state index contributed by atoms with van der Waals surface area (Å²) in [5.74, 6) is -0.174. The molecule has 0 aromatic heterocycles. The van der Waals surface area contributed by atoms with Crippen molar-refractivity contribution in [2.45, 2.75) is 50.7 Å². The van der Waals surface area contributed by atoms with Crippen molar-refractivity contribution in [1.29, 1.82) is 0 Å². The maximum Gasteiger partial charge on any atom is 0.123 e. The highest BCUT2D eigenvalue weighted by Gasteiger charge is 2.23. The van der Waals surface area contributed by atoms with Crippen LogP contribution in [-0.2, 0) is 6.54 Å². The summed E-state index contributed by atoms with van der Waals surface area (Å²) in [6, 6.07) is 7.49. The Morgan fingerprint density at radius 1 is 1.17 bits per heavy atom.